The van der Waals surface area contributed by atoms with Crippen LogP contribution in [-0.4, -0.2) is 31.6 Å². The Morgan fingerprint density at radius 3 is 1.06 bits per heavy atom. The van der Waals surface area contributed by atoms with E-state index in [9.17, 15) is 10.2 Å². The molecule has 2 N–H and O–H groups in total. The van der Waals surface area contributed by atoms with Crippen LogP contribution < -0.4 is 9.47 Å². The van der Waals surface area contributed by atoms with Crippen LogP contribution in [0.1, 0.15) is 38.8 Å². The van der Waals surface area contributed by atoms with E-state index in [2.05, 4.69) is 123 Å². The first-order valence-corrected chi connectivity index (χ1v) is 21.7. The van der Waals surface area contributed by atoms with Crippen LogP contribution in [0.2, 0.25) is 0 Å². The summed E-state index contributed by atoms with van der Waals surface area (Å²) in [5.41, 5.74) is 10.1. The normalized spacial score (nSPS) is 12.9. The molecule has 0 fully saturated rings. The third-order valence-corrected chi connectivity index (χ3v) is 13.2. The molecule has 0 saturated carbocycles. The molecule has 0 saturated heterocycles. The number of nitrogens with zero attached hydrogens (tertiary/aromatic N) is 2. The molecule has 2 atom stereocenters. The van der Waals surface area contributed by atoms with Crippen molar-refractivity contribution in [1.82, 2.24) is 9.13 Å². The summed E-state index contributed by atoms with van der Waals surface area (Å²) in [6.07, 6.45) is -0.641. The molecule has 10 rings (SSSR count). The standard InChI is InChI=1S/C57H50N2O4/c1-35-31-45(55(60)51(33-35)58-47-25-13-7-19-39(47)40-20-8-14-26-48(40)58)43-23-11-17-29-53(43)62-37(3)57(5,6)38(4)63-54-30-18-12-24-44(54)46-32-36(2)34-52(56(46)61)59-49-27-15-9-21-41(49)42-22-10-16-28-50(42)59/h7-34,37-38,60-61H,1-6H3/t37-,38-/m1/s1. The number of phenols is 2. The van der Waals surface area contributed by atoms with Crippen molar-refractivity contribution in [2.45, 2.75) is 53.8 Å². The molecular weight excluding hydrogens is 777 g/mol. The molecule has 8 aromatic carbocycles. The summed E-state index contributed by atoms with van der Waals surface area (Å²) < 4.78 is 18.2. The molecule has 0 spiro atoms. The van der Waals surface area contributed by atoms with Crippen LogP contribution in [0.25, 0.3) is 77.2 Å². The van der Waals surface area contributed by atoms with E-state index in [1.54, 1.807) is 0 Å². The molecule has 63 heavy (non-hydrogen) atoms. The quantitative estimate of drug-likeness (QED) is 0.144. The molecule has 0 unspecified atom stereocenters. The Hall–Kier alpha value is -7.44. The number of rotatable bonds is 10. The molecule has 312 valence electrons. The fourth-order valence-electron chi connectivity index (χ4n) is 9.23. The third kappa shape index (κ3) is 6.65. The highest BCUT2D eigenvalue weighted by Crippen LogP contribution is 2.46. The van der Waals surface area contributed by atoms with E-state index in [4.69, 9.17) is 9.47 Å². The van der Waals surface area contributed by atoms with Crippen molar-refractivity contribution in [2.24, 2.45) is 5.41 Å². The number of aromatic hydroxyl groups is 2. The van der Waals surface area contributed by atoms with Crippen LogP contribution in [0.4, 0.5) is 0 Å². The summed E-state index contributed by atoms with van der Waals surface area (Å²) in [6, 6.07) is 57.3. The molecule has 0 radical (unpaired) electrons. The van der Waals surface area contributed by atoms with E-state index in [0.717, 1.165) is 65.9 Å². The highest BCUT2D eigenvalue weighted by molar-refractivity contribution is 6.10. The van der Waals surface area contributed by atoms with Gasteiger partial charge in [-0.1, -0.05) is 123 Å². The summed E-state index contributed by atoms with van der Waals surface area (Å²) in [6.45, 7) is 12.6. The van der Waals surface area contributed by atoms with Gasteiger partial charge in [-0.2, -0.15) is 0 Å². The van der Waals surface area contributed by atoms with Crippen molar-refractivity contribution in [3.8, 4) is 56.6 Å². The van der Waals surface area contributed by atoms with Crippen LogP contribution in [0.15, 0.2) is 170 Å². The Morgan fingerprint density at radius 1 is 0.413 bits per heavy atom. The lowest BCUT2D eigenvalue weighted by Crippen LogP contribution is -2.43. The maximum absolute atomic E-state index is 12.2. The van der Waals surface area contributed by atoms with Crippen molar-refractivity contribution in [2.75, 3.05) is 0 Å². The number of fused-ring (bicyclic) bond motifs is 6. The molecule has 0 amide bonds. The first-order valence-electron chi connectivity index (χ1n) is 21.7. The highest BCUT2D eigenvalue weighted by Gasteiger charge is 2.37. The van der Waals surface area contributed by atoms with Crippen molar-refractivity contribution >= 4 is 43.6 Å². The van der Waals surface area contributed by atoms with E-state index in [1.807, 2.05) is 97.1 Å². The van der Waals surface area contributed by atoms with Gasteiger partial charge in [0.05, 0.1) is 33.4 Å². The number of hydrogen-bond acceptors (Lipinski definition) is 4. The minimum Gasteiger partial charge on any atom is -0.505 e. The zero-order valence-corrected chi connectivity index (χ0v) is 36.4. The van der Waals surface area contributed by atoms with E-state index in [0.29, 0.717) is 34.0 Å². The molecule has 0 aliphatic rings. The second-order valence-electron chi connectivity index (χ2n) is 17.4. The number of para-hydroxylation sites is 6. The van der Waals surface area contributed by atoms with Gasteiger partial charge in [-0.25, -0.2) is 0 Å². The number of hydrogen-bond donors (Lipinski definition) is 2. The van der Waals surface area contributed by atoms with E-state index in [-0.39, 0.29) is 23.7 Å². The van der Waals surface area contributed by atoms with Gasteiger partial charge in [0.15, 0.2) is 0 Å². The molecule has 0 aliphatic carbocycles. The number of ether oxygens (including phenoxy) is 2. The fraction of sp³-hybridized carbons (Fsp3) is 0.158. The molecule has 0 bridgehead atoms. The van der Waals surface area contributed by atoms with Gasteiger partial charge < -0.3 is 28.8 Å². The van der Waals surface area contributed by atoms with E-state index >= 15 is 0 Å². The van der Waals surface area contributed by atoms with Crippen LogP contribution in [0, 0.1) is 19.3 Å². The number of phenolic OH excluding ortho intramolecular Hbond substituents is 2. The van der Waals surface area contributed by atoms with E-state index in [1.165, 1.54) is 0 Å². The van der Waals surface area contributed by atoms with Gasteiger partial charge in [0.2, 0.25) is 0 Å². The molecule has 10 aromatic rings. The Kier molecular flexibility index (Phi) is 9.75. The summed E-state index contributed by atoms with van der Waals surface area (Å²) in [5.74, 6) is 1.71. The minimum atomic E-state index is -0.508. The van der Waals surface area contributed by atoms with Gasteiger partial charge >= 0.3 is 0 Å². The monoisotopic (exact) mass is 826 g/mol. The predicted octanol–water partition coefficient (Wildman–Crippen LogP) is 14.5. The summed E-state index contributed by atoms with van der Waals surface area (Å²) in [4.78, 5) is 0. The maximum Gasteiger partial charge on any atom is 0.147 e. The summed E-state index contributed by atoms with van der Waals surface area (Å²) in [5, 5.41) is 29.0. The third-order valence-electron chi connectivity index (χ3n) is 13.2. The van der Waals surface area contributed by atoms with Gasteiger partial charge in [0.25, 0.3) is 0 Å². The van der Waals surface area contributed by atoms with Gasteiger partial charge in [0, 0.05) is 49.2 Å². The highest BCUT2D eigenvalue weighted by atomic mass is 16.5. The Morgan fingerprint density at radius 2 is 0.714 bits per heavy atom. The van der Waals surface area contributed by atoms with Crippen molar-refractivity contribution in [3.05, 3.63) is 181 Å². The molecule has 2 aromatic heterocycles. The molecule has 0 aliphatic heterocycles. The van der Waals surface area contributed by atoms with Gasteiger partial charge in [-0.05, 0) is 99.5 Å². The lowest BCUT2D eigenvalue weighted by atomic mass is 9.82. The summed E-state index contributed by atoms with van der Waals surface area (Å²) >= 11 is 0. The first-order chi connectivity index (χ1) is 30.5. The number of aryl methyl sites for hydroxylation is 2. The van der Waals surface area contributed by atoms with Crippen LogP contribution >= 0.6 is 0 Å². The average Bonchev–Trinajstić information content (AvgIpc) is 3.81. The Balaban J connectivity index is 0.969. The SMILES string of the molecule is Cc1cc(-c2ccccc2O[C@H](C)C(C)(C)[C@@H](C)Oc2ccccc2-c2cc(C)cc(-n3c4ccccc4c4ccccc43)c2O)c(O)c(-n2c3ccccc3c3ccccc32)c1. The molecule has 2 heterocycles. The zero-order chi connectivity index (χ0) is 43.6. The average molecular weight is 827 g/mol. The minimum absolute atomic E-state index is 0.184. The Labute approximate surface area is 367 Å². The van der Waals surface area contributed by atoms with Crippen LogP contribution in [0.5, 0.6) is 23.0 Å². The van der Waals surface area contributed by atoms with Crippen molar-refractivity contribution in [3.63, 3.8) is 0 Å². The lowest BCUT2D eigenvalue weighted by Gasteiger charge is -2.38. The van der Waals surface area contributed by atoms with Crippen LogP contribution in [0.3, 0.4) is 0 Å². The van der Waals surface area contributed by atoms with Crippen LogP contribution in [-0.2, 0) is 0 Å². The fourth-order valence-corrected chi connectivity index (χ4v) is 9.23. The van der Waals surface area contributed by atoms with E-state index < -0.39 is 5.41 Å². The second kappa shape index (κ2) is 15.5. The smallest absolute Gasteiger partial charge is 0.147 e. The van der Waals surface area contributed by atoms with Gasteiger partial charge in [0.1, 0.15) is 35.2 Å². The van der Waals surface area contributed by atoms with Gasteiger partial charge in [-0.15, -0.1) is 0 Å². The maximum atomic E-state index is 12.2. The molecular formula is C57H50N2O4. The Bertz CT molecular complexity index is 3040. The number of aromatic nitrogens is 2. The lowest BCUT2D eigenvalue weighted by molar-refractivity contribution is -0.00280. The second-order valence-corrected chi connectivity index (χ2v) is 17.4. The topological polar surface area (TPSA) is 68.8 Å². The van der Waals surface area contributed by atoms with Crippen molar-refractivity contribution in [1.29, 1.82) is 0 Å². The number of benzene rings is 8. The summed E-state index contributed by atoms with van der Waals surface area (Å²) in [7, 11) is 0. The van der Waals surface area contributed by atoms with Crippen molar-refractivity contribution < 1.29 is 19.7 Å². The first kappa shape index (κ1) is 39.7. The van der Waals surface area contributed by atoms with Gasteiger partial charge in [-0.3, -0.25) is 0 Å². The molecule has 6 nitrogen and oxygen atoms in total. The predicted molar refractivity (Wildman–Crippen MR) is 259 cm³/mol. The largest absolute Gasteiger partial charge is 0.505 e. The zero-order valence-electron chi connectivity index (χ0n) is 36.4. The molecule has 6 heteroatoms.